The van der Waals surface area contributed by atoms with Crippen LogP contribution in [-0.4, -0.2) is 65.3 Å². The Morgan fingerprint density at radius 2 is 1.93 bits per heavy atom. The summed E-state index contributed by atoms with van der Waals surface area (Å²) in [6, 6.07) is 4.55. The van der Waals surface area contributed by atoms with Gasteiger partial charge in [-0.1, -0.05) is 35.5 Å². The fourth-order valence-corrected chi connectivity index (χ4v) is 2.64. The third-order valence-corrected chi connectivity index (χ3v) is 5.08. The van der Waals surface area contributed by atoms with Crippen molar-refractivity contribution in [3.8, 4) is 0 Å². The maximum absolute atomic E-state index is 12.6. The Balaban J connectivity index is 2.17. The minimum Gasteiger partial charge on any atom is -0.456 e. The molecule has 9 nitrogen and oxygen atoms in total. The molecule has 1 aromatic rings. The Bertz CT molecular complexity index is 836. The summed E-state index contributed by atoms with van der Waals surface area (Å²) in [5.41, 5.74) is 0.795. The second-order valence-corrected chi connectivity index (χ2v) is 7.52. The predicted molar refractivity (Wildman–Crippen MR) is 112 cm³/mol. The summed E-state index contributed by atoms with van der Waals surface area (Å²) < 4.78 is 3.57. The highest BCUT2D eigenvalue weighted by Crippen LogP contribution is 2.35. The first-order valence-electron chi connectivity index (χ1n) is 8.41. The van der Waals surface area contributed by atoms with Crippen LogP contribution >= 0.6 is 24.2 Å². The summed E-state index contributed by atoms with van der Waals surface area (Å²) in [4.78, 5) is 45.6. The zero-order valence-electron chi connectivity index (χ0n) is 16.2. The molecule has 1 aliphatic rings. The number of hydrogen-bond acceptors (Lipinski definition) is 7. The van der Waals surface area contributed by atoms with Crippen molar-refractivity contribution in [1.82, 2.24) is 9.80 Å². The highest BCUT2D eigenvalue weighted by Gasteiger charge is 2.49. The van der Waals surface area contributed by atoms with Crippen LogP contribution in [0.4, 0.5) is 15.3 Å². The lowest BCUT2D eigenvalue weighted by atomic mass is 10.2. The summed E-state index contributed by atoms with van der Waals surface area (Å²) >= 11 is 10.3. The molecule has 1 aromatic carbocycles. The highest BCUT2D eigenvalue weighted by molar-refractivity contribution is 7.83. The number of nitrogens with zero attached hydrogens (tertiary/aromatic N) is 4. The summed E-state index contributed by atoms with van der Waals surface area (Å²) in [6.07, 6.45) is 1.54. The molecular weight excluding hydrogens is 420 g/mol. The van der Waals surface area contributed by atoms with Crippen molar-refractivity contribution in [2.75, 3.05) is 32.2 Å². The number of urea groups is 2. The van der Waals surface area contributed by atoms with Crippen LogP contribution in [0.2, 0.25) is 0 Å². The fourth-order valence-electron chi connectivity index (χ4n) is 2.32. The molecule has 2 rings (SSSR count). The van der Waals surface area contributed by atoms with E-state index in [4.69, 9.17) is 21.2 Å². The minimum absolute atomic E-state index is 0.0817. The maximum Gasteiger partial charge on any atom is 0.338 e. The number of ether oxygens (including phenoxy) is 1. The number of esters is 1. The van der Waals surface area contributed by atoms with Crippen LogP contribution in [0.15, 0.2) is 42.1 Å². The van der Waals surface area contributed by atoms with E-state index in [1.54, 1.807) is 6.92 Å². The first-order chi connectivity index (χ1) is 13.6. The molecule has 0 atom stereocenters. The van der Waals surface area contributed by atoms with Gasteiger partial charge in [0, 0.05) is 14.1 Å². The number of amides is 4. The molecule has 1 heterocycles. The van der Waals surface area contributed by atoms with Gasteiger partial charge in [-0.2, -0.15) is 0 Å². The Kier molecular flexibility index (Phi) is 7.15. The van der Waals surface area contributed by atoms with Crippen molar-refractivity contribution in [3.05, 3.63) is 42.5 Å². The van der Waals surface area contributed by atoms with Gasteiger partial charge in [0.2, 0.25) is 4.45 Å². The molecule has 156 valence electrons. The van der Waals surface area contributed by atoms with Crippen molar-refractivity contribution < 1.29 is 24.0 Å². The molecule has 0 unspecified atom stereocenters. The van der Waals surface area contributed by atoms with Gasteiger partial charge in [-0.3, -0.25) is 9.80 Å². The summed E-state index contributed by atoms with van der Waals surface area (Å²) in [5, 5.41) is 3.76. The molecule has 0 spiro atoms. The lowest BCUT2D eigenvalue weighted by molar-refractivity contribution is 0.0558. The number of rotatable bonds is 7. The van der Waals surface area contributed by atoms with Gasteiger partial charge >= 0.3 is 18.0 Å². The van der Waals surface area contributed by atoms with Crippen molar-refractivity contribution in [2.24, 2.45) is 5.16 Å². The molecule has 0 radical (unpaired) electrons. The lowest BCUT2D eigenvalue weighted by Gasteiger charge is -2.46. The van der Waals surface area contributed by atoms with Crippen molar-refractivity contribution in [3.63, 3.8) is 0 Å². The van der Waals surface area contributed by atoms with E-state index in [2.05, 4.69) is 24.4 Å². The van der Waals surface area contributed by atoms with Gasteiger partial charge in [-0.15, -0.1) is 12.6 Å². The van der Waals surface area contributed by atoms with Gasteiger partial charge in [0.25, 0.3) is 0 Å². The van der Waals surface area contributed by atoms with Gasteiger partial charge in [-0.05, 0) is 25.1 Å². The Labute approximate surface area is 178 Å². The lowest BCUT2D eigenvalue weighted by Crippen LogP contribution is -2.67. The van der Waals surface area contributed by atoms with E-state index in [9.17, 15) is 14.4 Å². The standard InChI is InChI=1S/C18H21ClN4O5S/c1-5-9-28-20-12(2)11-27-15(24)13-7-6-8-14(10-13)23-16(25)21(3)18(19,29)22(4)17(23)26/h5-8,10,29H,1,9,11H2,2-4H3. The van der Waals surface area contributed by atoms with E-state index < -0.39 is 22.5 Å². The highest BCUT2D eigenvalue weighted by atomic mass is 35.5. The molecule has 4 amide bonds. The van der Waals surface area contributed by atoms with E-state index in [-0.39, 0.29) is 24.5 Å². The molecule has 1 aliphatic heterocycles. The number of anilines is 1. The Morgan fingerprint density at radius 3 is 2.52 bits per heavy atom. The van der Waals surface area contributed by atoms with Crippen molar-refractivity contribution in [1.29, 1.82) is 0 Å². The molecule has 11 heteroatoms. The smallest absolute Gasteiger partial charge is 0.338 e. The zero-order chi connectivity index (χ0) is 21.8. The number of carbonyl (C=O) groups is 3. The maximum atomic E-state index is 12.6. The van der Waals surface area contributed by atoms with E-state index >= 15 is 0 Å². The van der Waals surface area contributed by atoms with Crippen LogP contribution in [0.5, 0.6) is 0 Å². The van der Waals surface area contributed by atoms with Crippen molar-refractivity contribution >= 4 is 53.7 Å². The Morgan fingerprint density at radius 1 is 1.31 bits per heavy atom. The minimum atomic E-state index is -1.61. The normalized spacial score (nSPS) is 16.7. The summed E-state index contributed by atoms with van der Waals surface area (Å²) in [5.74, 6) is -0.648. The average molecular weight is 441 g/mol. The molecule has 0 saturated carbocycles. The molecule has 0 aromatic heterocycles. The van der Waals surface area contributed by atoms with E-state index in [1.807, 2.05) is 0 Å². The number of oxime groups is 1. The molecule has 0 aliphatic carbocycles. The van der Waals surface area contributed by atoms with E-state index in [0.29, 0.717) is 5.71 Å². The number of hydrogen-bond donors (Lipinski definition) is 1. The van der Waals surface area contributed by atoms with Crippen molar-refractivity contribution in [2.45, 2.75) is 11.4 Å². The summed E-state index contributed by atoms with van der Waals surface area (Å²) in [6.45, 7) is 5.29. The molecule has 0 bridgehead atoms. The fraction of sp³-hybridized carbons (Fsp3) is 0.333. The van der Waals surface area contributed by atoms with E-state index in [1.165, 1.54) is 44.4 Å². The molecular formula is C18H21ClN4O5S. The first-order valence-corrected chi connectivity index (χ1v) is 9.24. The van der Waals surface area contributed by atoms with Gasteiger partial charge in [0.1, 0.15) is 13.2 Å². The SMILES string of the molecule is C=CCON=C(C)COC(=O)c1cccc(N2C(=O)N(C)C(S)(Cl)N(C)C2=O)c1. The van der Waals surface area contributed by atoms with Gasteiger partial charge < -0.3 is 9.57 Å². The quantitative estimate of drug-likeness (QED) is 0.103. The largest absolute Gasteiger partial charge is 0.456 e. The Hall–Kier alpha value is -2.72. The number of imide groups is 1. The number of benzene rings is 1. The predicted octanol–water partition coefficient (Wildman–Crippen LogP) is 3.13. The topological polar surface area (TPSA) is 91.8 Å². The molecule has 0 N–H and O–H groups in total. The first kappa shape index (κ1) is 22.6. The second kappa shape index (κ2) is 9.19. The summed E-state index contributed by atoms with van der Waals surface area (Å²) in [7, 11) is 2.82. The third kappa shape index (κ3) is 4.83. The zero-order valence-corrected chi connectivity index (χ0v) is 17.8. The van der Waals surface area contributed by atoms with Gasteiger partial charge in [0.15, 0.2) is 0 Å². The van der Waals surface area contributed by atoms with Crippen LogP contribution in [0.3, 0.4) is 0 Å². The average Bonchev–Trinajstić information content (AvgIpc) is 2.70. The van der Waals surface area contributed by atoms with E-state index in [0.717, 1.165) is 14.7 Å². The van der Waals surface area contributed by atoms with Crippen LogP contribution in [0.25, 0.3) is 0 Å². The number of halogens is 1. The third-order valence-electron chi connectivity index (χ3n) is 3.97. The second-order valence-electron chi connectivity index (χ2n) is 6.11. The number of carbonyl (C=O) groups excluding carboxylic acids is 3. The number of alkyl halides is 1. The van der Waals surface area contributed by atoms with Crippen LogP contribution < -0.4 is 4.90 Å². The van der Waals surface area contributed by atoms with Gasteiger partial charge in [-0.25, -0.2) is 19.3 Å². The monoisotopic (exact) mass is 440 g/mol. The molecule has 29 heavy (non-hydrogen) atoms. The molecule has 1 fully saturated rings. The van der Waals surface area contributed by atoms with Gasteiger partial charge in [0.05, 0.1) is 17.0 Å². The van der Waals surface area contributed by atoms with Crippen LogP contribution in [-0.2, 0) is 9.57 Å². The number of thiol groups is 1. The molecule has 1 saturated heterocycles. The van der Waals surface area contributed by atoms with Crippen LogP contribution in [0, 0.1) is 0 Å². The van der Waals surface area contributed by atoms with Crippen LogP contribution in [0.1, 0.15) is 17.3 Å².